The predicted molar refractivity (Wildman–Crippen MR) is 77.5 cm³/mol. The number of ether oxygens (including phenoxy) is 1. The van der Waals surface area contributed by atoms with Gasteiger partial charge in [0, 0.05) is 24.9 Å². The number of ketones is 1. The molecule has 0 aromatic carbocycles. The van der Waals surface area contributed by atoms with Crippen molar-refractivity contribution in [3.63, 3.8) is 0 Å². The SMILES string of the molecule is CC(C)(C)OC(=O)N1CCCCC[C@@H]1[C@@H]1CCCC1=O. The summed E-state index contributed by atoms with van der Waals surface area (Å²) in [4.78, 5) is 26.3. The van der Waals surface area contributed by atoms with Crippen molar-refractivity contribution in [1.82, 2.24) is 4.90 Å². The lowest BCUT2D eigenvalue weighted by atomic mass is 9.92. The second kappa shape index (κ2) is 6.15. The summed E-state index contributed by atoms with van der Waals surface area (Å²) in [6.07, 6.45) is 6.54. The molecule has 0 unspecified atom stereocenters. The third-order valence-electron chi connectivity index (χ3n) is 4.24. The van der Waals surface area contributed by atoms with Gasteiger partial charge in [-0.15, -0.1) is 0 Å². The van der Waals surface area contributed by atoms with E-state index in [-0.39, 0.29) is 18.1 Å². The third kappa shape index (κ3) is 3.74. The molecule has 0 spiro atoms. The minimum absolute atomic E-state index is 0.0422. The Morgan fingerprint density at radius 1 is 1.15 bits per heavy atom. The zero-order chi connectivity index (χ0) is 14.8. The van der Waals surface area contributed by atoms with Gasteiger partial charge in [-0.3, -0.25) is 4.79 Å². The average molecular weight is 281 g/mol. The van der Waals surface area contributed by atoms with E-state index in [9.17, 15) is 9.59 Å². The molecule has 1 aliphatic heterocycles. The molecule has 0 bridgehead atoms. The number of hydrogen-bond donors (Lipinski definition) is 0. The molecule has 1 heterocycles. The first-order chi connectivity index (χ1) is 9.38. The van der Waals surface area contributed by atoms with E-state index in [1.807, 2.05) is 25.7 Å². The fraction of sp³-hybridized carbons (Fsp3) is 0.875. The Balaban J connectivity index is 2.12. The van der Waals surface area contributed by atoms with E-state index in [0.29, 0.717) is 12.2 Å². The summed E-state index contributed by atoms with van der Waals surface area (Å²) in [5.41, 5.74) is -0.479. The van der Waals surface area contributed by atoms with Crippen molar-refractivity contribution in [2.24, 2.45) is 5.92 Å². The average Bonchev–Trinajstić information content (AvgIpc) is 2.62. The first-order valence-electron chi connectivity index (χ1n) is 7.91. The smallest absolute Gasteiger partial charge is 0.410 e. The van der Waals surface area contributed by atoms with E-state index in [4.69, 9.17) is 4.74 Å². The maximum atomic E-state index is 12.4. The minimum atomic E-state index is -0.479. The quantitative estimate of drug-likeness (QED) is 0.738. The summed E-state index contributed by atoms with van der Waals surface area (Å²) < 4.78 is 5.53. The maximum absolute atomic E-state index is 12.4. The van der Waals surface area contributed by atoms with E-state index in [1.54, 1.807) is 0 Å². The van der Waals surface area contributed by atoms with Gasteiger partial charge in [0.1, 0.15) is 11.4 Å². The summed E-state index contributed by atoms with van der Waals surface area (Å²) >= 11 is 0. The van der Waals surface area contributed by atoms with Crippen LogP contribution in [0.3, 0.4) is 0 Å². The predicted octanol–water partition coefficient (Wildman–Crippen LogP) is 3.54. The van der Waals surface area contributed by atoms with Crippen molar-refractivity contribution in [2.45, 2.75) is 77.4 Å². The Hall–Kier alpha value is -1.06. The lowest BCUT2D eigenvalue weighted by Gasteiger charge is -2.35. The highest BCUT2D eigenvalue weighted by atomic mass is 16.6. The molecule has 2 rings (SSSR count). The molecular weight excluding hydrogens is 254 g/mol. The topological polar surface area (TPSA) is 46.6 Å². The Labute approximate surface area is 121 Å². The number of Topliss-reactive ketones (excluding diaryl/α,β-unsaturated/α-hetero) is 1. The molecule has 1 saturated carbocycles. The van der Waals surface area contributed by atoms with Crippen LogP contribution in [0, 0.1) is 5.92 Å². The molecule has 114 valence electrons. The van der Waals surface area contributed by atoms with Crippen molar-refractivity contribution in [2.75, 3.05) is 6.54 Å². The Morgan fingerprint density at radius 3 is 2.50 bits per heavy atom. The number of carbonyl (C=O) groups is 2. The van der Waals surface area contributed by atoms with Crippen LogP contribution in [0.25, 0.3) is 0 Å². The van der Waals surface area contributed by atoms with Gasteiger partial charge in [-0.1, -0.05) is 12.8 Å². The Bertz CT molecular complexity index is 372. The van der Waals surface area contributed by atoms with Crippen molar-refractivity contribution >= 4 is 11.9 Å². The summed E-state index contributed by atoms with van der Waals surface area (Å²) in [6, 6.07) is 0.0577. The van der Waals surface area contributed by atoms with Gasteiger partial charge in [-0.25, -0.2) is 4.79 Å². The summed E-state index contributed by atoms with van der Waals surface area (Å²) in [7, 11) is 0. The third-order valence-corrected chi connectivity index (χ3v) is 4.24. The zero-order valence-electron chi connectivity index (χ0n) is 13.0. The number of hydrogen-bond acceptors (Lipinski definition) is 3. The van der Waals surface area contributed by atoms with Crippen molar-refractivity contribution in [1.29, 1.82) is 0 Å². The van der Waals surface area contributed by atoms with E-state index in [0.717, 1.165) is 45.1 Å². The molecule has 2 atom stereocenters. The van der Waals surface area contributed by atoms with Crippen LogP contribution in [0.2, 0.25) is 0 Å². The van der Waals surface area contributed by atoms with E-state index in [2.05, 4.69) is 0 Å². The Kier molecular flexibility index (Phi) is 4.71. The zero-order valence-corrected chi connectivity index (χ0v) is 13.0. The summed E-state index contributed by atoms with van der Waals surface area (Å²) in [6.45, 7) is 6.39. The van der Waals surface area contributed by atoms with E-state index in [1.165, 1.54) is 0 Å². The summed E-state index contributed by atoms with van der Waals surface area (Å²) in [5, 5.41) is 0. The maximum Gasteiger partial charge on any atom is 0.410 e. The fourth-order valence-corrected chi connectivity index (χ4v) is 3.35. The highest BCUT2D eigenvalue weighted by molar-refractivity contribution is 5.84. The van der Waals surface area contributed by atoms with Crippen LogP contribution in [-0.2, 0) is 9.53 Å². The van der Waals surface area contributed by atoms with Gasteiger partial charge >= 0.3 is 6.09 Å². The lowest BCUT2D eigenvalue weighted by Crippen LogP contribution is -2.47. The van der Waals surface area contributed by atoms with Crippen LogP contribution in [-0.4, -0.2) is 35.0 Å². The fourth-order valence-electron chi connectivity index (χ4n) is 3.35. The molecule has 0 aromatic heterocycles. The molecule has 0 aromatic rings. The molecule has 4 nitrogen and oxygen atoms in total. The van der Waals surface area contributed by atoms with Crippen molar-refractivity contribution < 1.29 is 14.3 Å². The molecule has 1 aliphatic carbocycles. The lowest BCUT2D eigenvalue weighted by molar-refractivity contribution is -0.122. The molecule has 0 N–H and O–H groups in total. The van der Waals surface area contributed by atoms with Crippen molar-refractivity contribution in [3.8, 4) is 0 Å². The molecule has 0 radical (unpaired) electrons. The van der Waals surface area contributed by atoms with Gasteiger partial charge in [0.25, 0.3) is 0 Å². The molecule has 20 heavy (non-hydrogen) atoms. The van der Waals surface area contributed by atoms with Gasteiger partial charge in [-0.2, -0.15) is 0 Å². The molecule has 2 fully saturated rings. The van der Waals surface area contributed by atoms with E-state index >= 15 is 0 Å². The first kappa shape index (κ1) is 15.3. The van der Waals surface area contributed by atoms with Gasteiger partial charge in [-0.05, 0) is 46.5 Å². The number of amides is 1. The van der Waals surface area contributed by atoms with Crippen molar-refractivity contribution in [3.05, 3.63) is 0 Å². The van der Waals surface area contributed by atoms with Gasteiger partial charge in [0.05, 0.1) is 0 Å². The van der Waals surface area contributed by atoms with Gasteiger partial charge in [0.15, 0.2) is 0 Å². The van der Waals surface area contributed by atoms with Crippen LogP contribution in [0.1, 0.15) is 65.7 Å². The first-order valence-corrected chi connectivity index (χ1v) is 7.91. The van der Waals surface area contributed by atoms with Crippen LogP contribution in [0.15, 0.2) is 0 Å². The van der Waals surface area contributed by atoms with Crippen LogP contribution >= 0.6 is 0 Å². The number of likely N-dealkylation sites (tertiary alicyclic amines) is 1. The number of nitrogens with zero attached hydrogens (tertiary/aromatic N) is 1. The molecule has 2 aliphatic rings. The van der Waals surface area contributed by atoms with E-state index < -0.39 is 5.60 Å². The summed E-state index contributed by atoms with van der Waals surface area (Å²) in [5.74, 6) is 0.381. The second-order valence-corrected chi connectivity index (χ2v) is 7.06. The molecular formula is C16H27NO3. The Morgan fingerprint density at radius 2 is 1.90 bits per heavy atom. The number of carbonyl (C=O) groups excluding carboxylic acids is 2. The second-order valence-electron chi connectivity index (χ2n) is 7.06. The van der Waals surface area contributed by atoms with Crippen LogP contribution < -0.4 is 0 Å². The monoisotopic (exact) mass is 281 g/mol. The molecule has 1 amide bonds. The minimum Gasteiger partial charge on any atom is -0.444 e. The van der Waals surface area contributed by atoms with Gasteiger partial charge in [0.2, 0.25) is 0 Å². The highest BCUT2D eigenvalue weighted by Crippen LogP contribution is 2.32. The standard InChI is InChI=1S/C16H27NO3/c1-16(2,3)20-15(19)17-11-6-4-5-9-13(17)12-8-7-10-14(12)18/h12-13H,4-11H2,1-3H3/t12-,13+/m0/s1. The highest BCUT2D eigenvalue weighted by Gasteiger charge is 2.39. The van der Waals surface area contributed by atoms with Gasteiger partial charge < -0.3 is 9.64 Å². The largest absolute Gasteiger partial charge is 0.444 e. The normalized spacial score (nSPS) is 28.4. The molecule has 4 heteroatoms. The number of rotatable bonds is 1. The van der Waals surface area contributed by atoms with Crippen LogP contribution in [0.4, 0.5) is 4.79 Å². The van der Waals surface area contributed by atoms with Crippen LogP contribution in [0.5, 0.6) is 0 Å². The molecule has 1 saturated heterocycles.